The Morgan fingerprint density at radius 1 is 1.00 bits per heavy atom. The molecule has 0 amide bonds. The van der Waals surface area contributed by atoms with Crippen LogP contribution in [0.2, 0.25) is 0 Å². The molecular formula is C22H31IN4O4. The summed E-state index contributed by atoms with van der Waals surface area (Å²) in [6.07, 6.45) is 3.40. The van der Waals surface area contributed by atoms with Gasteiger partial charge in [0.15, 0.2) is 17.5 Å². The van der Waals surface area contributed by atoms with Crippen molar-refractivity contribution in [2.24, 2.45) is 4.99 Å². The van der Waals surface area contributed by atoms with Crippen LogP contribution < -0.4 is 20.1 Å². The average molecular weight is 542 g/mol. The maximum atomic E-state index is 5.46. The number of aliphatic imine (C=N–C) groups is 1. The summed E-state index contributed by atoms with van der Waals surface area (Å²) in [5, 5.41) is 6.86. The third-order valence-corrected chi connectivity index (χ3v) is 5.18. The number of halogens is 1. The van der Waals surface area contributed by atoms with Crippen molar-refractivity contribution in [1.82, 2.24) is 15.5 Å². The summed E-state index contributed by atoms with van der Waals surface area (Å²) in [6, 6.07) is 10.00. The van der Waals surface area contributed by atoms with Crippen LogP contribution in [0.25, 0.3) is 0 Å². The van der Waals surface area contributed by atoms with Gasteiger partial charge in [-0.2, -0.15) is 0 Å². The molecule has 8 nitrogen and oxygen atoms in total. The largest absolute Gasteiger partial charge is 0.469 e. The van der Waals surface area contributed by atoms with E-state index in [1.54, 1.807) is 6.26 Å². The first-order chi connectivity index (χ1) is 14.9. The van der Waals surface area contributed by atoms with Gasteiger partial charge in [-0.25, -0.2) is 0 Å². The highest BCUT2D eigenvalue weighted by atomic mass is 127. The van der Waals surface area contributed by atoms with E-state index in [1.165, 1.54) is 5.56 Å². The Morgan fingerprint density at radius 2 is 1.81 bits per heavy atom. The quantitative estimate of drug-likeness (QED) is 0.286. The highest BCUT2D eigenvalue weighted by Crippen LogP contribution is 2.32. The zero-order valence-electron chi connectivity index (χ0n) is 17.7. The first-order valence-electron chi connectivity index (χ1n) is 10.6. The van der Waals surface area contributed by atoms with Crippen LogP contribution in [0.5, 0.6) is 11.5 Å². The lowest BCUT2D eigenvalue weighted by Gasteiger charge is -2.25. The van der Waals surface area contributed by atoms with E-state index in [4.69, 9.17) is 23.6 Å². The van der Waals surface area contributed by atoms with Crippen molar-refractivity contribution in [3.8, 4) is 11.5 Å². The molecule has 9 heteroatoms. The third kappa shape index (κ3) is 7.58. The fourth-order valence-electron chi connectivity index (χ4n) is 3.48. The molecular weight excluding hydrogens is 511 g/mol. The first kappa shape index (κ1) is 23.7. The lowest BCUT2D eigenvalue weighted by atomic mass is 10.1. The van der Waals surface area contributed by atoms with E-state index in [2.05, 4.69) is 21.6 Å². The molecule has 1 aromatic carbocycles. The SMILES string of the molecule is I.c1coc(CCNC(=NCCN2CCOCC2)NCCc2ccc3c(c2)OCO3)c1. The molecule has 1 saturated heterocycles. The van der Waals surface area contributed by atoms with Crippen molar-refractivity contribution >= 4 is 29.9 Å². The van der Waals surface area contributed by atoms with Crippen LogP contribution >= 0.6 is 24.0 Å². The van der Waals surface area contributed by atoms with Gasteiger partial charge in [0.2, 0.25) is 6.79 Å². The Labute approximate surface area is 200 Å². The molecule has 0 radical (unpaired) electrons. The summed E-state index contributed by atoms with van der Waals surface area (Å²) < 4.78 is 21.7. The van der Waals surface area contributed by atoms with E-state index in [0.717, 1.165) is 88.5 Å². The molecule has 4 rings (SSSR count). The molecule has 31 heavy (non-hydrogen) atoms. The van der Waals surface area contributed by atoms with Crippen molar-refractivity contribution in [2.75, 3.05) is 59.3 Å². The highest BCUT2D eigenvalue weighted by molar-refractivity contribution is 14.0. The van der Waals surface area contributed by atoms with E-state index in [9.17, 15) is 0 Å². The fourth-order valence-corrected chi connectivity index (χ4v) is 3.48. The molecule has 3 heterocycles. The Balaban J connectivity index is 0.00000272. The van der Waals surface area contributed by atoms with Gasteiger partial charge in [0.1, 0.15) is 5.76 Å². The Kier molecular flexibility index (Phi) is 9.76. The van der Waals surface area contributed by atoms with Crippen LogP contribution in [-0.2, 0) is 17.6 Å². The summed E-state index contributed by atoms with van der Waals surface area (Å²) in [5.41, 5.74) is 1.20. The molecule has 0 aliphatic carbocycles. The van der Waals surface area contributed by atoms with Crippen LogP contribution in [-0.4, -0.2) is 70.1 Å². The number of ether oxygens (including phenoxy) is 3. The van der Waals surface area contributed by atoms with Gasteiger partial charge in [-0.15, -0.1) is 24.0 Å². The highest BCUT2D eigenvalue weighted by Gasteiger charge is 2.13. The van der Waals surface area contributed by atoms with Gasteiger partial charge in [0, 0.05) is 39.1 Å². The van der Waals surface area contributed by atoms with Crippen molar-refractivity contribution in [2.45, 2.75) is 12.8 Å². The molecule has 0 saturated carbocycles. The minimum absolute atomic E-state index is 0. The Bertz CT molecular complexity index is 810. The molecule has 2 aromatic rings. The summed E-state index contributed by atoms with van der Waals surface area (Å²) in [4.78, 5) is 7.15. The fraction of sp³-hybridized carbons (Fsp3) is 0.500. The molecule has 2 N–H and O–H groups in total. The predicted molar refractivity (Wildman–Crippen MR) is 130 cm³/mol. The van der Waals surface area contributed by atoms with Gasteiger partial charge in [-0.1, -0.05) is 6.07 Å². The minimum atomic E-state index is 0. The molecule has 2 aliphatic heterocycles. The van der Waals surface area contributed by atoms with Gasteiger partial charge < -0.3 is 29.3 Å². The molecule has 170 valence electrons. The number of rotatable bonds is 9. The van der Waals surface area contributed by atoms with Crippen LogP contribution in [0.3, 0.4) is 0 Å². The summed E-state index contributed by atoms with van der Waals surface area (Å²) >= 11 is 0. The molecule has 1 aromatic heterocycles. The maximum absolute atomic E-state index is 5.46. The normalized spacial score (nSPS) is 16.1. The number of benzene rings is 1. The number of fused-ring (bicyclic) bond motifs is 1. The lowest BCUT2D eigenvalue weighted by Crippen LogP contribution is -2.41. The van der Waals surface area contributed by atoms with E-state index in [-0.39, 0.29) is 24.0 Å². The summed E-state index contributed by atoms with van der Waals surface area (Å²) in [7, 11) is 0. The van der Waals surface area contributed by atoms with Gasteiger partial charge in [0.25, 0.3) is 0 Å². The Hall–Kier alpha value is -1.98. The summed E-state index contributed by atoms with van der Waals surface area (Å²) in [6.45, 7) is 7.12. The Morgan fingerprint density at radius 3 is 2.61 bits per heavy atom. The van der Waals surface area contributed by atoms with Crippen molar-refractivity contribution in [3.63, 3.8) is 0 Å². The number of nitrogens with zero attached hydrogens (tertiary/aromatic N) is 2. The first-order valence-corrected chi connectivity index (χ1v) is 10.6. The maximum Gasteiger partial charge on any atom is 0.231 e. The topological polar surface area (TPSA) is 80.5 Å². The molecule has 0 spiro atoms. The zero-order chi connectivity index (χ0) is 20.4. The van der Waals surface area contributed by atoms with Gasteiger partial charge in [0.05, 0.1) is 26.0 Å². The number of nitrogens with one attached hydrogen (secondary N) is 2. The van der Waals surface area contributed by atoms with Crippen molar-refractivity contribution < 1.29 is 18.6 Å². The number of hydrogen-bond acceptors (Lipinski definition) is 6. The number of morpholine rings is 1. The number of guanidine groups is 1. The predicted octanol–water partition coefficient (Wildman–Crippen LogP) is 2.28. The summed E-state index contributed by atoms with van der Waals surface area (Å²) in [5.74, 6) is 3.44. The van der Waals surface area contributed by atoms with E-state index >= 15 is 0 Å². The van der Waals surface area contributed by atoms with Crippen LogP contribution in [0.1, 0.15) is 11.3 Å². The second kappa shape index (κ2) is 12.8. The molecule has 2 aliphatic rings. The standard InChI is InChI=1S/C22H30N4O4.HI/c1-2-19(28-13-1)6-8-24-22(25-9-10-26-11-14-27-15-12-26)23-7-5-18-3-4-20-21(16-18)30-17-29-20;/h1-4,13,16H,5-12,14-15,17H2,(H2,23,24,25);1H. The second-order valence-electron chi connectivity index (χ2n) is 7.30. The monoisotopic (exact) mass is 542 g/mol. The average Bonchev–Trinajstić information content (AvgIpc) is 3.46. The lowest BCUT2D eigenvalue weighted by molar-refractivity contribution is 0.0394. The minimum Gasteiger partial charge on any atom is -0.469 e. The van der Waals surface area contributed by atoms with Gasteiger partial charge in [-0.05, 0) is 36.2 Å². The van der Waals surface area contributed by atoms with Crippen LogP contribution in [0.15, 0.2) is 46.0 Å². The zero-order valence-corrected chi connectivity index (χ0v) is 20.0. The number of hydrogen-bond donors (Lipinski definition) is 2. The second-order valence-corrected chi connectivity index (χ2v) is 7.30. The van der Waals surface area contributed by atoms with Crippen LogP contribution in [0, 0.1) is 0 Å². The smallest absolute Gasteiger partial charge is 0.231 e. The van der Waals surface area contributed by atoms with Crippen molar-refractivity contribution in [1.29, 1.82) is 0 Å². The third-order valence-electron chi connectivity index (χ3n) is 5.18. The van der Waals surface area contributed by atoms with E-state index < -0.39 is 0 Å². The molecule has 1 fully saturated rings. The number of furan rings is 1. The van der Waals surface area contributed by atoms with Gasteiger partial charge >= 0.3 is 0 Å². The molecule has 0 atom stereocenters. The van der Waals surface area contributed by atoms with E-state index in [0.29, 0.717) is 6.79 Å². The van der Waals surface area contributed by atoms with Crippen LogP contribution in [0.4, 0.5) is 0 Å². The molecule has 0 unspecified atom stereocenters. The van der Waals surface area contributed by atoms with E-state index in [1.807, 2.05) is 24.3 Å². The molecule has 0 bridgehead atoms. The van der Waals surface area contributed by atoms with Crippen molar-refractivity contribution in [3.05, 3.63) is 47.9 Å². The van der Waals surface area contributed by atoms with Gasteiger partial charge in [-0.3, -0.25) is 9.89 Å².